The fraction of sp³-hybridized carbons (Fsp3) is 0.909. The number of rotatable bonds is 4. The maximum atomic E-state index is 12.6. The SMILES string of the molecule is CN(C)C(=O)N(CC(F)F)C1CCN(S(C)(=O)=O)CC1. The second-order valence-corrected chi connectivity index (χ2v) is 7.10. The van der Waals surface area contributed by atoms with Crippen molar-refractivity contribution in [3.05, 3.63) is 0 Å². The molecule has 9 heteroatoms. The van der Waals surface area contributed by atoms with Crippen LogP contribution in [0.15, 0.2) is 0 Å². The molecule has 1 aliphatic heterocycles. The van der Waals surface area contributed by atoms with Crippen molar-refractivity contribution in [3.63, 3.8) is 0 Å². The lowest BCUT2D eigenvalue weighted by atomic mass is 10.1. The van der Waals surface area contributed by atoms with E-state index in [2.05, 4.69) is 0 Å². The lowest BCUT2D eigenvalue weighted by molar-refractivity contribution is 0.0600. The van der Waals surface area contributed by atoms with E-state index in [4.69, 9.17) is 0 Å². The number of hydrogen-bond acceptors (Lipinski definition) is 3. The number of carbonyl (C=O) groups excluding carboxylic acids is 1. The van der Waals surface area contributed by atoms with Gasteiger partial charge in [-0.1, -0.05) is 0 Å². The van der Waals surface area contributed by atoms with Crippen molar-refractivity contribution in [3.8, 4) is 0 Å². The van der Waals surface area contributed by atoms with Gasteiger partial charge in [-0.3, -0.25) is 0 Å². The van der Waals surface area contributed by atoms with Crippen LogP contribution in [0.1, 0.15) is 12.8 Å². The molecular weight excluding hydrogens is 292 g/mol. The number of carbonyl (C=O) groups is 1. The summed E-state index contributed by atoms with van der Waals surface area (Å²) in [4.78, 5) is 14.3. The average molecular weight is 313 g/mol. The molecule has 0 N–H and O–H groups in total. The third-order valence-corrected chi connectivity index (χ3v) is 4.60. The van der Waals surface area contributed by atoms with E-state index in [1.807, 2.05) is 0 Å². The number of piperidine rings is 1. The zero-order valence-electron chi connectivity index (χ0n) is 11.9. The van der Waals surface area contributed by atoms with Crippen LogP contribution in [0.4, 0.5) is 13.6 Å². The molecule has 0 bridgehead atoms. The van der Waals surface area contributed by atoms with Gasteiger partial charge in [0.25, 0.3) is 6.43 Å². The Balaban J connectivity index is 2.73. The van der Waals surface area contributed by atoms with Gasteiger partial charge in [0.1, 0.15) is 0 Å². The van der Waals surface area contributed by atoms with Gasteiger partial charge in [0, 0.05) is 33.2 Å². The molecule has 1 heterocycles. The maximum absolute atomic E-state index is 12.6. The van der Waals surface area contributed by atoms with E-state index < -0.39 is 29.0 Å². The quantitative estimate of drug-likeness (QED) is 0.766. The fourth-order valence-corrected chi connectivity index (χ4v) is 3.15. The van der Waals surface area contributed by atoms with Crippen molar-refractivity contribution in [2.75, 3.05) is 40.0 Å². The molecule has 118 valence electrons. The van der Waals surface area contributed by atoms with E-state index in [1.165, 1.54) is 23.3 Å². The number of urea groups is 1. The van der Waals surface area contributed by atoms with Crippen molar-refractivity contribution in [1.29, 1.82) is 0 Å². The van der Waals surface area contributed by atoms with Gasteiger partial charge < -0.3 is 9.80 Å². The van der Waals surface area contributed by atoms with Gasteiger partial charge in [-0.05, 0) is 12.8 Å². The number of hydrogen-bond donors (Lipinski definition) is 0. The van der Waals surface area contributed by atoms with Crippen molar-refractivity contribution in [2.24, 2.45) is 0 Å². The highest BCUT2D eigenvalue weighted by Gasteiger charge is 2.32. The molecule has 0 aromatic heterocycles. The van der Waals surface area contributed by atoms with E-state index >= 15 is 0 Å². The predicted octanol–water partition coefficient (Wildman–Crippen LogP) is 0.659. The van der Waals surface area contributed by atoms with Gasteiger partial charge in [-0.25, -0.2) is 26.3 Å². The van der Waals surface area contributed by atoms with Crippen LogP contribution in [-0.4, -0.2) is 81.0 Å². The zero-order valence-corrected chi connectivity index (χ0v) is 12.7. The Hall–Kier alpha value is -0.960. The Kier molecular flexibility index (Phi) is 5.69. The highest BCUT2D eigenvalue weighted by molar-refractivity contribution is 7.88. The second kappa shape index (κ2) is 6.66. The third kappa shape index (κ3) is 4.55. The molecule has 0 radical (unpaired) electrons. The van der Waals surface area contributed by atoms with Crippen molar-refractivity contribution in [2.45, 2.75) is 25.3 Å². The molecule has 20 heavy (non-hydrogen) atoms. The molecule has 0 aromatic carbocycles. The number of amides is 2. The lowest BCUT2D eigenvalue weighted by Crippen LogP contribution is -2.52. The maximum Gasteiger partial charge on any atom is 0.319 e. The van der Waals surface area contributed by atoms with Gasteiger partial charge >= 0.3 is 6.03 Å². The highest BCUT2D eigenvalue weighted by atomic mass is 32.2. The first kappa shape index (κ1) is 17.1. The highest BCUT2D eigenvalue weighted by Crippen LogP contribution is 2.20. The topological polar surface area (TPSA) is 60.9 Å². The van der Waals surface area contributed by atoms with Gasteiger partial charge in [0.15, 0.2) is 0 Å². The standard InChI is InChI=1S/C11H21F2N3O3S/c1-14(2)11(17)16(8-10(12)13)9-4-6-15(7-5-9)20(3,18)19/h9-10H,4-8H2,1-3H3. The number of alkyl halides is 2. The van der Waals surface area contributed by atoms with E-state index in [0.29, 0.717) is 12.8 Å². The first-order valence-corrected chi connectivity index (χ1v) is 8.19. The Morgan fingerprint density at radius 1 is 1.30 bits per heavy atom. The smallest absolute Gasteiger partial charge is 0.319 e. The summed E-state index contributed by atoms with van der Waals surface area (Å²) >= 11 is 0. The van der Waals surface area contributed by atoms with Crippen LogP contribution < -0.4 is 0 Å². The Bertz CT molecular complexity index is 434. The summed E-state index contributed by atoms with van der Waals surface area (Å²) < 4.78 is 49.3. The van der Waals surface area contributed by atoms with Crippen LogP contribution in [-0.2, 0) is 10.0 Å². The zero-order chi connectivity index (χ0) is 15.5. The third-order valence-electron chi connectivity index (χ3n) is 3.30. The number of nitrogens with zero attached hydrogens (tertiary/aromatic N) is 3. The molecule has 6 nitrogen and oxygen atoms in total. The monoisotopic (exact) mass is 313 g/mol. The molecule has 0 atom stereocenters. The minimum atomic E-state index is -3.26. The van der Waals surface area contributed by atoms with Gasteiger partial charge in [-0.15, -0.1) is 0 Å². The molecule has 0 aromatic rings. The molecular formula is C11H21F2N3O3S. The molecule has 0 saturated carbocycles. The summed E-state index contributed by atoms with van der Waals surface area (Å²) in [6.45, 7) is -0.117. The summed E-state index contributed by atoms with van der Waals surface area (Å²) in [6.07, 6.45) is -0.736. The molecule has 0 unspecified atom stereocenters. The van der Waals surface area contributed by atoms with Crippen molar-refractivity contribution in [1.82, 2.24) is 14.1 Å². The minimum Gasteiger partial charge on any atom is -0.331 e. The van der Waals surface area contributed by atoms with Gasteiger partial charge in [0.05, 0.1) is 12.8 Å². The first-order chi connectivity index (χ1) is 9.12. The molecule has 0 spiro atoms. The molecule has 2 amide bonds. The van der Waals surface area contributed by atoms with Crippen LogP contribution in [0, 0.1) is 0 Å². The van der Waals surface area contributed by atoms with Gasteiger partial charge in [0.2, 0.25) is 10.0 Å². The summed E-state index contributed by atoms with van der Waals surface area (Å²) in [7, 11) is -0.251. The van der Waals surface area contributed by atoms with Crippen molar-refractivity contribution >= 4 is 16.1 Å². The normalized spacial score (nSPS) is 18.3. The summed E-state index contributed by atoms with van der Waals surface area (Å²) in [5.41, 5.74) is 0. The fourth-order valence-electron chi connectivity index (χ4n) is 2.27. The Morgan fingerprint density at radius 3 is 2.15 bits per heavy atom. The van der Waals surface area contributed by atoms with Crippen LogP contribution >= 0.6 is 0 Å². The first-order valence-electron chi connectivity index (χ1n) is 6.34. The van der Waals surface area contributed by atoms with E-state index in [0.717, 1.165) is 11.2 Å². The predicted molar refractivity (Wildman–Crippen MR) is 71.2 cm³/mol. The van der Waals surface area contributed by atoms with Crippen LogP contribution in [0.25, 0.3) is 0 Å². The van der Waals surface area contributed by atoms with Crippen LogP contribution in [0.2, 0.25) is 0 Å². The molecule has 1 saturated heterocycles. The number of sulfonamides is 1. The summed E-state index contributed by atoms with van der Waals surface area (Å²) in [5, 5.41) is 0. The number of halogens is 2. The van der Waals surface area contributed by atoms with Crippen LogP contribution in [0.3, 0.4) is 0 Å². The van der Waals surface area contributed by atoms with Gasteiger partial charge in [-0.2, -0.15) is 0 Å². The lowest BCUT2D eigenvalue weighted by Gasteiger charge is -2.38. The molecule has 1 aliphatic rings. The summed E-state index contributed by atoms with van der Waals surface area (Å²) in [6, 6.07) is -0.819. The van der Waals surface area contributed by atoms with Crippen LogP contribution in [0.5, 0.6) is 0 Å². The second-order valence-electron chi connectivity index (χ2n) is 5.11. The molecule has 0 aliphatic carbocycles. The largest absolute Gasteiger partial charge is 0.331 e. The Morgan fingerprint density at radius 2 is 1.80 bits per heavy atom. The summed E-state index contributed by atoms with van der Waals surface area (Å²) in [5.74, 6) is 0. The van der Waals surface area contributed by atoms with Crippen molar-refractivity contribution < 1.29 is 22.0 Å². The Labute approximate surface area is 118 Å². The van der Waals surface area contributed by atoms with E-state index in [9.17, 15) is 22.0 Å². The average Bonchev–Trinajstić information content (AvgIpc) is 2.34. The van der Waals surface area contributed by atoms with E-state index in [-0.39, 0.29) is 19.1 Å². The van der Waals surface area contributed by atoms with E-state index in [1.54, 1.807) is 0 Å². The minimum absolute atomic E-state index is 0.254. The molecule has 1 rings (SSSR count). The molecule has 1 fully saturated rings.